The molecule has 0 radical (unpaired) electrons. The predicted molar refractivity (Wildman–Crippen MR) is 107 cm³/mol. The van der Waals surface area contributed by atoms with Crippen molar-refractivity contribution in [1.29, 1.82) is 0 Å². The number of ether oxygens (including phenoxy) is 1. The first-order chi connectivity index (χ1) is 13.4. The maximum Gasteiger partial charge on any atom is 0.409 e. The van der Waals surface area contributed by atoms with Crippen LogP contribution in [-0.2, 0) is 11.3 Å². The van der Waals surface area contributed by atoms with Gasteiger partial charge in [0.05, 0.1) is 24.9 Å². The Bertz CT molecular complexity index is 884. The lowest BCUT2D eigenvalue weighted by Gasteiger charge is -2.21. The number of aryl methyl sites for hydroxylation is 1. The number of benzene rings is 1. The molecule has 0 aliphatic carbocycles. The van der Waals surface area contributed by atoms with Gasteiger partial charge in [-0.15, -0.1) is 0 Å². The second-order valence-electron chi connectivity index (χ2n) is 6.60. The van der Waals surface area contributed by atoms with E-state index in [2.05, 4.69) is 5.10 Å². The third kappa shape index (κ3) is 4.25. The highest BCUT2D eigenvalue weighted by Gasteiger charge is 2.28. The first-order valence-electron chi connectivity index (χ1n) is 9.01. The average Bonchev–Trinajstić information content (AvgIpc) is 2.86. The number of halogens is 2. The zero-order valence-corrected chi connectivity index (χ0v) is 17.3. The van der Waals surface area contributed by atoms with Crippen molar-refractivity contribution < 1.29 is 14.3 Å². The molecule has 2 amide bonds. The van der Waals surface area contributed by atoms with E-state index >= 15 is 0 Å². The second-order valence-corrected chi connectivity index (χ2v) is 7.37. The molecule has 3 rings (SSSR count). The number of aromatic nitrogens is 2. The van der Waals surface area contributed by atoms with Gasteiger partial charge in [0.15, 0.2) is 0 Å². The van der Waals surface area contributed by atoms with E-state index in [1.54, 1.807) is 27.5 Å². The van der Waals surface area contributed by atoms with Crippen LogP contribution in [0.3, 0.4) is 0 Å². The van der Waals surface area contributed by atoms with Gasteiger partial charge in [-0.25, -0.2) is 9.48 Å². The van der Waals surface area contributed by atoms with Crippen molar-refractivity contribution in [1.82, 2.24) is 19.6 Å². The molecule has 7 nitrogen and oxygen atoms in total. The van der Waals surface area contributed by atoms with E-state index in [4.69, 9.17) is 27.9 Å². The minimum atomic E-state index is -0.379. The lowest BCUT2D eigenvalue weighted by atomic mass is 10.2. The molecule has 0 unspecified atom stereocenters. The van der Waals surface area contributed by atoms with Crippen molar-refractivity contribution in [2.75, 3.05) is 33.3 Å². The number of rotatable bonds is 3. The maximum absolute atomic E-state index is 13.1. The Hall–Kier alpha value is -2.25. The van der Waals surface area contributed by atoms with Crippen molar-refractivity contribution in [3.63, 3.8) is 0 Å². The molecule has 0 atom stereocenters. The van der Waals surface area contributed by atoms with E-state index in [0.717, 1.165) is 5.56 Å². The maximum atomic E-state index is 13.1. The molecule has 0 bridgehead atoms. The predicted octanol–water partition coefficient (Wildman–Crippen LogP) is 3.46. The van der Waals surface area contributed by atoms with Gasteiger partial charge in [-0.3, -0.25) is 4.79 Å². The fourth-order valence-corrected chi connectivity index (χ4v) is 3.79. The van der Waals surface area contributed by atoms with Crippen LogP contribution in [0.1, 0.15) is 28.0 Å². The first-order valence-corrected chi connectivity index (χ1v) is 9.76. The SMILES string of the molecule is COC(=O)N1CCCN(C(=O)c2c(C)nn(Cc3ccccc3Cl)c2Cl)CC1. The Labute approximate surface area is 173 Å². The standard InChI is InChI=1S/C19H22Cl2N4O3/c1-13-16(17(21)25(22-13)12-14-6-3-4-7-15(14)20)18(26)23-8-5-9-24(11-10-23)19(27)28-2/h3-4,6-7H,5,8-12H2,1-2H3. The van der Waals surface area contributed by atoms with Crippen LogP contribution in [0.5, 0.6) is 0 Å². The summed E-state index contributed by atoms with van der Waals surface area (Å²) < 4.78 is 6.36. The Balaban J connectivity index is 1.78. The van der Waals surface area contributed by atoms with E-state index in [1.165, 1.54) is 7.11 Å². The van der Waals surface area contributed by atoms with Crippen molar-refractivity contribution in [2.45, 2.75) is 19.9 Å². The highest BCUT2D eigenvalue weighted by molar-refractivity contribution is 6.33. The summed E-state index contributed by atoms with van der Waals surface area (Å²) in [5.41, 5.74) is 1.83. The molecule has 0 spiro atoms. The van der Waals surface area contributed by atoms with Gasteiger partial charge in [0, 0.05) is 31.2 Å². The molecule has 1 aliphatic rings. The first kappa shape index (κ1) is 20.5. The zero-order valence-electron chi connectivity index (χ0n) is 15.8. The molecule has 150 valence electrons. The van der Waals surface area contributed by atoms with E-state index in [0.29, 0.717) is 55.4 Å². The van der Waals surface area contributed by atoms with Crippen LogP contribution in [0.2, 0.25) is 10.2 Å². The largest absolute Gasteiger partial charge is 0.453 e. The highest BCUT2D eigenvalue weighted by Crippen LogP contribution is 2.25. The van der Waals surface area contributed by atoms with Gasteiger partial charge in [0.2, 0.25) is 0 Å². The molecule has 1 aromatic carbocycles. The molecule has 1 saturated heterocycles. The number of hydrogen-bond acceptors (Lipinski definition) is 4. The van der Waals surface area contributed by atoms with Crippen molar-refractivity contribution in [3.8, 4) is 0 Å². The molecule has 0 saturated carbocycles. The molecule has 0 N–H and O–H groups in total. The van der Waals surface area contributed by atoms with Gasteiger partial charge in [0.1, 0.15) is 5.15 Å². The van der Waals surface area contributed by atoms with Gasteiger partial charge >= 0.3 is 6.09 Å². The summed E-state index contributed by atoms with van der Waals surface area (Å²) in [6, 6.07) is 7.44. The molecule has 28 heavy (non-hydrogen) atoms. The quantitative estimate of drug-likeness (QED) is 0.756. The number of hydrogen-bond donors (Lipinski definition) is 0. The summed E-state index contributed by atoms with van der Waals surface area (Å²) in [5.74, 6) is -0.181. The van der Waals surface area contributed by atoms with Crippen LogP contribution in [0.4, 0.5) is 4.79 Å². The van der Waals surface area contributed by atoms with Gasteiger partial charge < -0.3 is 14.5 Å². The van der Waals surface area contributed by atoms with Gasteiger partial charge in [-0.2, -0.15) is 5.10 Å². The summed E-state index contributed by atoms with van der Waals surface area (Å²) in [5, 5.41) is 5.35. The number of carbonyl (C=O) groups excluding carboxylic acids is 2. The van der Waals surface area contributed by atoms with Gasteiger partial charge in [-0.1, -0.05) is 41.4 Å². The van der Waals surface area contributed by atoms with Crippen LogP contribution < -0.4 is 0 Å². The number of carbonyl (C=O) groups is 2. The van der Waals surface area contributed by atoms with Crippen LogP contribution in [-0.4, -0.2) is 64.9 Å². The molecule has 2 aromatic rings. The summed E-state index contributed by atoms with van der Waals surface area (Å²) in [6.07, 6.45) is 0.293. The second kappa shape index (κ2) is 8.84. The zero-order chi connectivity index (χ0) is 20.3. The molecule has 9 heteroatoms. The Kier molecular flexibility index (Phi) is 6.46. The summed E-state index contributed by atoms with van der Waals surface area (Å²) >= 11 is 12.7. The molecule has 2 heterocycles. The Morgan fingerprint density at radius 2 is 1.79 bits per heavy atom. The fraction of sp³-hybridized carbons (Fsp3) is 0.421. The topological polar surface area (TPSA) is 67.7 Å². The monoisotopic (exact) mass is 424 g/mol. The highest BCUT2D eigenvalue weighted by atomic mass is 35.5. The third-order valence-corrected chi connectivity index (χ3v) is 5.53. The minimum absolute atomic E-state index is 0.181. The van der Waals surface area contributed by atoms with Crippen molar-refractivity contribution in [2.24, 2.45) is 0 Å². The van der Waals surface area contributed by atoms with E-state index < -0.39 is 0 Å². The summed E-state index contributed by atoms with van der Waals surface area (Å²) in [4.78, 5) is 28.1. The summed E-state index contributed by atoms with van der Waals surface area (Å²) in [7, 11) is 1.35. The normalized spacial score (nSPS) is 14.7. The molecular weight excluding hydrogens is 403 g/mol. The van der Waals surface area contributed by atoms with Gasteiger partial charge in [-0.05, 0) is 25.0 Å². The van der Waals surface area contributed by atoms with E-state index in [1.807, 2.05) is 18.2 Å². The smallest absolute Gasteiger partial charge is 0.409 e. The molecule has 1 aliphatic heterocycles. The van der Waals surface area contributed by atoms with Crippen LogP contribution in [0.15, 0.2) is 24.3 Å². The Morgan fingerprint density at radius 1 is 1.11 bits per heavy atom. The lowest BCUT2D eigenvalue weighted by molar-refractivity contribution is 0.0756. The van der Waals surface area contributed by atoms with Crippen molar-refractivity contribution >= 4 is 35.2 Å². The van der Waals surface area contributed by atoms with Gasteiger partial charge in [0.25, 0.3) is 5.91 Å². The Morgan fingerprint density at radius 3 is 2.50 bits per heavy atom. The van der Waals surface area contributed by atoms with E-state index in [-0.39, 0.29) is 17.2 Å². The van der Waals surface area contributed by atoms with Crippen LogP contribution >= 0.6 is 23.2 Å². The summed E-state index contributed by atoms with van der Waals surface area (Å²) in [6.45, 7) is 4.07. The number of methoxy groups -OCH3 is 1. The molecule has 1 aromatic heterocycles. The minimum Gasteiger partial charge on any atom is -0.453 e. The number of amides is 2. The van der Waals surface area contributed by atoms with Crippen LogP contribution in [0.25, 0.3) is 0 Å². The third-order valence-electron chi connectivity index (χ3n) is 4.77. The van der Waals surface area contributed by atoms with E-state index in [9.17, 15) is 9.59 Å². The van der Waals surface area contributed by atoms with Crippen molar-refractivity contribution in [3.05, 3.63) is 51.3 Å². The lowest BCUT2D eigenvalue weighted by Crippen LogP contribution is -2.37. The molecular formula is C19H22Cl2N4O3. The average molecular weight is 425 g/mol. The fourth-order valence-electron chi connectivity index (χ4n) is 3.28. The molecule has 1 fully saturated rings. The van der Waals surface area contributed by atoms with Crippen LogP contribution in [0, 0.1) is 6.92 Å². The number of nitrogens with zero attached hydrogens (tertiary/aromatic N) is 4.